The monoisotopic (exact) mass is 448 g/mol. The third kappa shape index (κ3) is 6.19. The molecule has 6 nitrogen and oxygen atoms in total. The maximum atomic E-state index is 13.5. The summed E-state index contributed by atoms with van der Waals surface area (Å²) >= 11 is 5.68. The Morgan fingerprint density at radius 1 is 0.968 bits per heavy atom. The third-order valence-corrected chi connectivity index (χ3v) is 4.33. The summed E-state index contributed by atoms with van der Waals surface area (Å²) in [4.78, 5) is 28.1. The van der Waals surface area contributed by atoms with Gasteiger partial charge in [0, 0.05) is 24.0 Å². The second-order valence-corrected chi connectivity index (χ2v) is 6.76. The van der Waals surface area contributed by atoms with Crippen molar-refractivity contribution in [2.75, 3.05) is 10.6 Å². The Balaban J connectivity index is 1.71. The first-order valence-corrected chi connectivity index (χ1v) is 9.33. The lowest BCUT2D eigenvalue weighted by Crippen LogP contribution is -2.29. The first-order valence-electron chi connectivity index (χ1n) is 8.95. The van der Waals surface area contributed by atoms with Crippen molar-refractivity contribution in [3.05, 3.63) is 88.7 Å². The number of nitrogens with one attached hydrogen (secondary N) is 3. The molecule has 31 heavy (non-hydrogen) atoms. The molecule has 10 heteroatoms. The molecule has 0 atom stereocenters. The van der Waals surface area contributed by atoms with Crippen LogP contribution in [0.25, 0.3) is 0 Å². The summed E-state index contributed by atoms with van der Waals surface area (Å²) in [6.45, 7) is 0.0442. The molecule has 0 aliphatic carbocycles. The fourth-order valence-electron chi connectivity index (χ4n) is 2.62. The van der Waals surface area contributed by atoms with Gasteiger partial charge in [0.1, 0.15) is 5.15 Å². The minimum absolute atomic E-state index is 0.0442. The first-order chi connectivity index (χ1) is 14.7. The minimum Gasteiger partial charge on any atom is -0.334 e. The molecule has 0 saturated heterocycles. The summed E-state index contributed by atoms with van der Waals surface area (Å²) in [6, 6.07) is 13.5. The molecule has 0 saturated carbocycles. The Hall–Kier alpha value is -3.59. The highest BCUT2D eigenvalue weighted by Crippen LogP contribution is 2.36. The number of amides is 3. The van der Waals surface area contributed by atoms with Crippen molar-refractivity contribution in [1.29, 1.82) is 0 Å². The van der Waals surface area contributed by atoms with Gasteiger partial charge in [-0.05, 0) is 42.0 Å². The predicted molar refractivity (Wildman–Crippen MR) is 111 cm³/mol. The summed E-state index contributed by atoms with van der Waals surface area (Å²) in [6.07, 6.45) is -3.32. The molecule has 0 unspecified atom stereocenters. The molecule has 0 fully saturated rings. The molecular formula is C21H16ClF3N4O2. The Morgan fingerprint density at radius 3 is 2.35 bits per heavy atom. The van der Waals surface area contributed by atoms with E-state index in [0.29, 0.717) is 11.1 Å². The van der Waals surface area contributed by atoms with Crippen molar-refractivity contribution in [2.45, 2.75) is 12.7 Å². The van der Waals surface area contributed by atoms with Gasteiger partial charge >= 0.3 is 12.2 Å². The number of hydrogen-bond donors (Lipinski definition) is 3. The molecule has 0 aliphatic heterocycles. The number of nitrogens with zero attached hydrogens (tertiary/aromatic N) is 1. The van der Waals surface area contributed by atoms with Crippen LogP contribution in [0.5, 0.6) is 0 Å². The van der Waals surface area contributed by atoms with Gasteiger partial charge in [0.2, 0.25) is 0 Å². The number of carbonyl (C=O) groups is 2. The molecule has 1 aromatic heterocycles. The molecule has 1 heterocycles. The third-order valence-electron chi connectivity index (χ3n) is 4.11. The van der Waals surface area contributed by atoms with Gasteiger partial charge in [0.05, 0.1) is 11.3 Å². The lowest BCUT2D eigenvalue weighted by atomic mass is 10.1. The summed E-state index contributed by atoms with van der Waals surface area (Å²) in [5.41, 5.74) is -0.679. The zero-order valence-corrected chi connectivity index (χ0v) is 16.6. The molecule has 3 amide bonds. The highest BCUT2D eigenvalue weighted by molar-refractivity contribution is 6.29. The van der Waals surface area contributed by atoms with E-state index in [4.69, 9.17) is 11.6 Å². The molecule has 160 valence electrons. The number of urea groups is 1. The fourth-order valence-corrected chi connectivity index (χ4v) is 2.73. The largest absolute Gasteiger partial charge is 0.418 e. The van der Waals surface area contributed by atoms with Crippen LogP contribution in [0.4, 0.5) is 29.3 Å². The molecule has 3 rings (SSSR count). The standard InChI is InChI=1S/C21H16ClF3N4O2/c22-18-9-6-13(11-26-18)12-27-20(31)29-17-8-7-15(10-16(17)21(23,24)25)28-19(30)14-4-2-1-3-5-14/h1-11H,12H2,(H,28,30)(H2,27,29,31). The van der Waals surface area contributed by atoms with E-state index >= 15 is 0 Å². The van der Waals surface area contributed by atoms with Crippen LogP contribution in [0.15, 0.2) is 66.9 Å². The molecule has 0 bridgehead atoms. The van der Waals surface area contributed by atoms with Gasteiger partial charge in [0.25, 0.3) is 5.91 Å². The number of halogens is 4. The molecule has 3 N–H and O–H groups in total. The minimum atomic E-state index is -4.75. The van der Waals surface area contributed by atoms with Gasteiger partial charge in [-0.15, -0.1) is 0 Å². The van der Waals surface area contributed by atoms with Crippen LogP contribution in [-0.4, -0.2) is 16.9 Å². The molecule has 2 aromatic carbocycles. The van der Waals surface area contributed by atoms with Gasteiger partial charge in [-0.1, -0.05) is 35.9 Å². The van der Waals surface area contributed by atoms with Gasteiger partial charge in [-0.25, -0.2) is 9.78 Å². The smallest absolute Gasteiger partial charge is 0.334 e. The first kappa shape index (κ1) is 22.1. The molecule has 0 aliphatic rings. The van der Waals surface area contributed by atoms with Crippen LogP contribution >= 0.6 is 11.6 Å². The van der Waals surface area contributed by atoms with E-state index in [0.717, 1.165) is 12.1 Å². The van der Waals surface area contributed by atoms with E-state index in [1.165, 1.54) is 30.5 Å². The maximum absolute atomic E-state index is 13.5. The quantitative estimate of drug-likeness (QED) is 0.461. The van der Waals surface area contributed by atoms with E-state index in [1.807, 2.05) is 0 Å². The Morgan fingerprint density at radius 2 is 1.71 bits per heavy atom. The number of pyridine rings is 1. The lowest BCUT2D eigenvalue weighted by molar-refractivity contribution is -0.136. The predicted octanol–water partition coefficient (Wildman–Crippen LogP) is 5.33. The second-order valence-electron chi connectivity index (χ2n) is 6.38. The van der Waals surface area contributed by atoms with Crippen LogP contribution in [0, 0.1) is 0 Å². The highest BCUT2D eigenvalue weighted by Gasteiger charge is 2.34. The second kappa shape index (κ2) is 9.48. The maximum Gasteiger partial charge on any atom is 0.418 e. The zero-order chi connectivity index (χ0) is 22.4. The SMILES string of the molecule is O=C(NCc1ccc(Cl)nc1)Nc1ccc(NC(=O)c2ccccc2)cc1C(F)(F)F. The van der Waals surface area contributed by atoms with Crippen LogP contribution in [-0.2, 0) is 12.7 Å². The Bertz CT molecular complexity index is 1070. The van der Waals surface area contributed by atoms with Crippen LogP contribution in [0.2, 0.25) is 5.15 Å². The summed E-state index contributed by atoms with van der Waals surface area (Å²) in [5.74, 6) is -0.552. The lowest BCUT2D eigenvalue weighted by Gasteiger charge is -2.16. The van der Waals surface area contributed by atoms with E-state index in [9.17, 15) is 22.8 Å². The number of alkyl halides is 3. The van der Waals surface area contributed by atoms with E-state index in [1.54, 1.807) is 24.3 Å². The molecule has 3 aromatic rings. The molecular weight excluding hydrogens is 433 g/mol. The van der Waals surface area contributed by atoms with Gasteiger partial charge < -0.3 is 16.0 Å². The summed E-state index contributed by atoms with van der Waals surface area (Å²) in [7, 11) is 0. The number of rotatable bonds is 5. The van der Waals surface area contributed by atoms with Crippen molar-refractivity contribution < 1.29 is 22.8 Å². The van der Waals surface area contributed by atoms with Crippen LogP contribution in [0.1, 0.15) is 21.5 Å². The van der Waals surface area contributed by atoms with Crippen molar-refractivity contribution in [1.82, 2.24) is 10.3 Å². The average molecular weight is 449 g/mol. The zero-order valence-electron chi connectivity index (χ0n) is 15.8. The number of hydrogen-bond acceptors (Lipinski definition) is 3. The van der Waals surface area contributed by atoms with Crippen molar-refractivity contribution in [3.8, 4) is 0 Å². The average Bonchev–Trinajstić information content (AvgIpc) is 2.74. The highest BCUT2D eigenvalue weighted by atomic mass is 35.5. The van der Waals surface area contributed by atoms with E-state index < -0.39 is 29.4 Å². The molecule has 0 radical (unpaired) electrons. The number of benzene rings is 2. The topological polar surface area (TPSA) is 83.1 Å². The van der Waals surface area contributed by atoms with Crippen molar-refractivity contribution in [2.24, 2.45) is 0 Å². The number of anilines is 2. The Kier molecular flexibility index (Phi) is 6.76. The molecule has 0 spiro atoms. The van der Waals surface area contributed by atoms with Crippen molar-refractivity contribution in [3.63, 3.8) is 0 Å². The summed E-state index contributed by atoms with van der Waals surface area (Å²) in [5, 5.41) is 7.32. The van der Waals surface area contributed by atoms with Crippen LogP contribution in [0.3, 0.4) is 0 Å². The number of carbonyl (C=O) groups excluding carboxylic acids is 2. The van der Waals surface area contributed by atoms with Gasteiger partial charge in [-0.2, -0.15) is 13.2 Å². The fraction of sp³-hybridized carbons (Fsp3) is 0.0952. The normalized spacial score (nSPS) is 11.0. The van der Waals surface area contributed by atoms with E-state index in [2.05, 4.69) is 20.9 Å². The van der Waals surface area contributed by atoms with Gasteiger partial charge in [-0.3, -0.25) is 4.79 Å². The van der Waals surface area contributed by atoms with E-state index in [-0.39, 0.29) is 17.4 Å². The van der Waals surface area contributed by atoms with Gasteiger partial charge in [0.15, 0.2) is 0 Å². The van der Waals surface area contributed by atoms with Crippen molar-refractivity contribution >= 4 is 34.9 Å². The van der Waals surface area contributed by atoms with Crippen LogP contribution < -0.4 is 16.0 Å². The number of aromatic nitrogens is 1. The Labute approximate surface area is 180 Å². The summed E-state index contributed by atoms with van der Waals surface area (Å²) < 4.78 is 40.6.